The molecular formula is C34H32Cl3N3OS. The minimum atomic E-state index is -0.567. The molecule has 1 unspecified atom stereocenters. The number of carbonyl (C=O) groups excluding carboxylic acids is 1. The first-order valence-electron chi connectivity index (χ1n) is 13.7. The van der Waals surface area contributed by atoms with E-state index in [1.807, 2.05) is 43.0 Å². The summed E-state index contributed by atoms with van der Waals surface area (Å²) in [6.45, 7) is 10.2. The Morgan fingerprint density at radius 1 is 1.02 bits per heavy atom. The summed E-state index contributed by atoms with van der Waals surface area (Å²) in [6.07, 6.45) is 1.03. The molecule has 0 spiro atoms. The summed E-state index contributed by atoms with van der Waals surface area (Å²) in [5, 5.41) is 12.5. The van der Waals surface area contributed by atoms with Gasteiger partial charge in [0.15, 0.2) is 5.78 Å². The van der Waals surface area contributed by atoms with Crippen molar-refractivity contribution in [2.75, 3.05) is 4.90 Å². The molecule has 8 heteroatoms. The highest BCUT2D eigenvalue weighted by Gasteiger charge is 2.45. The number of aryl methyl sites for hydroxylation is 1. The fraction of sp³-hybridized carbons (Fsp3) is 0.294. The summed E-state index contributed by atoms with van der Waals surface area (Å²) in [5.74, 6) is 0.455. The Kier molecular flexibility index (Phi) is 8.49. The standard InChI is InChI=1S/C34H32Cl3N3OS/c1-18-11-21(17-42-30-13-22(35)9-10-26(30)37)19(2)23(12-18)31-24(16-38)33(39)40(27-8-6-7-25(36)20(27)3)28-14-34(4,5)15-29(41)32(28)31/h6-13,31H,14-15,17,39H2,1-5H3. The summed E-state index contributed by atoms with van der Waals surface area (Å²) in [5.41, 5.74) is 14.2. The number of ketones is 1. The second kappa shape index (κ2) is 11.7. The van der Waals surface area contributed by atoms with Crippen LogP contribution < -0.4 is 10.6 Å². The number of Topliss-reactive ketones (excluding diaryl/α,β-unsaturated/α-hetero) is 1. The van der Waals surface area contributed by atoms with Crippen LogP contribution in [-0.2, 0) is 10.5 Å². The number of halogens is 3. The van der Waals surface area contributed by atoms with Gasteiger partial charge >= 0.3 is 0 Å². The number of rotatable bonds is 5. The first-order chi connectivity index (χ1) is 19.8. The molecule has 0 saturated carbocycles. The van der Waals surface area contributed by atoms with Crippen molar-refractivity contribution in [2.45, 2.75) is 64.0 Å². The van der Waals surface area contributed by atoms with Crippen molar-refractivity contribution in [3.05, 3.63) is 114 Å². The molecule has 1 heterocycles. The number of carbonyl (C=O) groups is 1. The van der Waals surface area contributed by atoms with Crippen LogP contribution in [0.5, 0.6) is 0 Å². The maximum atomic E-state index is 14.1. The van der Waals surface area contributed by atoms with Gasteiger partial charge in [0.2, 0.25) is 0 Å². The maximum Gasteiger partial charge on any atom is 0.162 e. The fourth-order valence-corrected chi connectivity index (χ4v) is 7.80. The molecule has 1 atom stereocenters. The van der Waals surface area contributed by atoms with Gasteiger partial charge in [0.25, 0.3) is 0 Å². The van der Waals surface area contributed by atoms with Gasteiger partial charge in [-0.2, -0.15) is 5.26 Å². The Balaban J connectivity index is 1.69. The summed E-state index contributed by atoms with van der Waals surface area (Å²) in [4.78, 5) is 16.9. The number of anilines is 1. The van der Waals surface area contributed by atoms with Gasteiger partial charge in [0.1, 0.15) is 5.82 Å². The summed E-state index contributed by atoms with van der Waals surface area (Å²) in [6, 6.07) is 17.7. The lowest BCUT2D eigenvalue weighted by molar-refractivity contribution is -0.118. The van der Waals surface area contributed by atoms with E-state index in [9.17, 15) is 10.1 Å². The van der Waals surface area contributed by atoms with E-state index >= 15 is 0 Å². The largest absolute Gasteiger partial charge is 0.384 e. The third-order valence-corrected chi connectivity index (χ3v) is 10.3. The van der Waals surface area contributed by atoms with E-state index in [0.717, 1.165) is 44.1 Å². The average molecular weight is 637 g/mol. The number of nitrogens with zero attached hydrogens (tertiary/aromatic N) is 2. The molecule has 3 aromatic carbocycles. The number of benzene rings is 3. The van der Waals surface area contributed by atoms with E-state index in [4.69, 9.17) is 40.5 Å². The highest BCUT2D eigenvalue weighted by atomic mass is 35.5. The van der Waals surface area contributed by atoms with E-state index in [2.05, 4.69) is 39.0 Å². The normalized spacial score (nSPS) is 18.3. The van der Waals surface area contributed by atoms with Gasteiger partial charge in [-0.05, 0) is 85.2 Å². The number of nitriles is 1. The SMILES string of the molecule is Cc1cc(CSc2cc(Cl)ccc2Cl)c(C)c(C2C(C#N)=C(N)N(c3cccc(Cl)c3C)C3=C2C(=O)CC(C)(C)C3)c1. The molecule has 0 aromatic heterocycles. The smallest absolute Gasteiger partial charge is 0.162 e. The Hall–Kier alpha value is -2.88. The predicted octanol–water partition coefficient (Wildman–Crippen LogP) is 9.81. The van der Waals surface area contributed by atoms with Gasteiger partial charge in [0, 0.05) is 38.4 Å². The van der Waals surface area contributed by atoms with E-state index < -0.39 is 5.92 Å². The second-order valence-corrected chi connectivity index (χ2v) is 14.1. The van der Waals surface area contributed by atoms with Gasteiger partial charge < -0.3 is 5.73 Å². The zero-order valence-electron chi connectivity index (χ0n) is 24.2. The van der Waals surface area contributed by atoms with Gasteiger partial charge in [-0.3, -0.25) is 9.69 Å². The second-order valence-electron chi connectivity index (χ2n) is 11.9. The van der Waals surface area contributed by atoms with Gasteiger partial charge in [-0.15, -0.1) is 11.8 Å². The van der Waals surface area contributed by atoms with E-state index in [-0.39, 0.29) is 11.2 Å². The molecule has 42 heavy (non-hydrogen) atoms. The zero-order valence-corrected chi connectivity index (χ0v) is 27.3. The fourth-order valence-electron chi connectivity index (χ4n) is 6.09. The van der Waals surface area contributed by atoms with Crippen molar-refractivity contribution >= 4 is 58.0 Å². The Morgan fingerprint density at radius 2 is 1.76 bits per heavy atom. The van der Waals surface area contributed by atoms with Crippen molar-refractivity contribution in [2.24, 2.45) is 11.1 Å². The minimum absolute atomic E-state index is 0.0405. The first-order valence-corrected chi connectivity index (χ1v) is 15.8. The van der Waals surface area contributed by atoms with Crippen LogP contribution in [0.25, 0.3) is 0 Å². The van der Waals surface area contributed by atoms with Crippen molar-refractivity contribution in [1.82, 2.24) is 0 Å². The summed E-state index contributed by atoms with van der Waals surface area (Å²) < 4.78 is 0. The Morgan fingerprint density at radius 3 is 2.48 bits per heavy atom. The monoisotopic (exact) mass is 635 g/mol. The van der Waals surface area contributed by atoms with Crippen molar-refractivity contribution in [1.29, 1.82) is 5.26 Å². The molecule has 216 valence electrons. The molecule has 2 N–H and O–H groups in total. The van der Waals surface area contributed by atoms with Crippen LogP contribution in [0.15, 0.2) is 76.1 Å². The topological polar surface area (TPSA) is 70.1 Å². The molecule has 0 fully saturated rings. The zero-order chi connectivity index (χ0) is 30.5. The Labute approximate surface area is 267 Å². The molecule has 3 aromatic rings. The quantitative estimate of drug-likeness (QED) is 0.282. The molecule has 0 radical (unpaired) electrons. The van der Waals surface area contributed by atoms with Crippen LogP contribution in [0.4, 0.5) is 5.69 Å². The summed E-state index contributed by atoms with van der Waals surface area (Å²) in [7, 11) is 0. The molecule has 0 saturated heterocycles. The lowest BCUT2D eigenvalue weighted by atomic mass is 9.68. The van der Waals surface area contributed by atoms with E-state index in [1.165, 1.54) is 0 Å². The molecule has 2 aliphatic rings. The molecule has 1 aliphatic heterocycles. The highest BCUT2D eigenvalue weighted by Crippen LogP contribution is 2.51. The van der Waals surface area contributed by atoms with Crippen LogP contribution in [-0.4, -0.2) is 5.78 Å². The number of allylic oxidation sites excluding steroid dienone is 3. The van der Waals surface area contributed by atoms with Gasteiger partial charge in [-0.1, -0.05) is 72.4 Å². The number of nitrogens with two attached hydrogens (primary N) is 1. The number of hydrogen-bond acceptors (Lipinski definition) is 5. The summed E-state index contributed by atoms with van der Waals surface area (Å²) >= 11 is 20.8. The van der Waals surface area contributed by atoms with E-state index in [1.54, 1.807) is 23.9 Å². The molecule has 0 amide bonds. The average Bonchev–Trinajstić information content (AvgIpc) is 2.91. The maximum absolute atomic E-state index is 14.1. The third kappa shape index (κ3) is 5.58. The lowest BCUT2D eigenvalue weighted by Crippen LogP contribution is -2.42. The van der Waals surface area contributed by atoms with Gasteiger partial charge in [-0.25, -0.2) is 0 Å². The van der Waals surface area contributed by atoms with Crippen LogP contribution in [0.2, 0.25) is 15.1 Å². The Bertz CT molecular complexity index is 1730. The van der Waals surface area contributed by atoms with Crippen molar-refractivity contribution < 1.29 is 4.79 Å². The molecule has 4 nitrogen and oxygen atoms in total. The first kappa shape index (κ1) is 30.6. The molecule has 1 aliphatic carbocycles. The van der Waals surface area contributed by atoms with E-state index in [0.29, 0.717) is 50.6 Å². The molecular weight excluding hydrogens is 605 g/mol. The number of hydrogen-bond donors (Lipinski definition) is 1. The lowest BCUT2D eigenvalue weighted by Gasteiger charge is -2.44. The van der Waals surface area contributed by atoms with Crippen molar-refractivity contribution in [3.8, 4) is 6.07 Å². The minimum Gasteiger partial charge on any atom is -0.384 e. The van der Waals surface area contributed by atoms with Crippen LogP contribution in [0.1, 0.15) is 60.4 Å². The highest BCUT2D eigenvalue weighted by molar-refractivity contribution is 7.98. The van der Waals surface area contributed by atoms with Crippen molar-refractivity contribution in [3.63, 3.8) is 0 Å². The third-order valence-electron chi connectivity index (χ3n) is 8.15. The van der Waals surface area contributed by atoms with Gasteiger partial charge in [0.05, 0.1) is 28.3 Å². The van der Waals surface area contributed by atoms with Crippen LogP contribution in [0.3, 0.4) is 0 Å². The molecule has 0 bridgehead atoms. The van der Waals surface area contributed by atoms with Crippen LogP contribution in [0, 0.1) is 37.5 Å². The predicted molar refractivity (Wildman–Crippen MR) is 175 cm³/mol. The van der Waals surface area contributed by atoms with Crippen LogP contribution >= 0.6 is 46.6 Å². The number of thioether (sulfide) groups is 1. The molecule has 5 rings (SSSR count).